The number of hydrogen-bond acceptors (Lipinski definition) is 2. The summed E-state index contributed by atoms with van der Waals surface area (Å²) in [5.41, 5.74) is 0.821. The van der Waals surface area contributed by atoms with E-state index in [1.807, 2.05) is 0 Å². The van der Waals surface area contributed by atoms with Gasteiger partial charge in [-0.05, 0) is 23.8 Å². The first-order valence-electron chi connectivity index (χ1n) is 4.85. The number of benzene rings is 1. The third kappa shape index (κ3) is 2.43. The highest BCUT2D eigenvalue weighted by Crippen LogP contribution is 2.34. The lowest BCUT2D eigenvalue weighted by atomic mass is 10.1. The molecule has 18 heavy (non-hydrogen) atoms. The van der Waals surface area contributed by atoms with Crippen molar-refractivity contribution in [3.8, 4) is 11.1 Å². The number of pyridine rings is 1. The quantitative estimate of drug-likeness (QED) is 0.677. The largest absolute Gasteiger partial charge is 0.328 e. The number of aromatic nitrogens is 1. The van der Waals surface area contributed by atoms with Gasteiger partial charge in [0.15, 0.2) is 6.29 Å². The molecule has 1 heterocycles. The third-order valence-corrected chi connectivity index (χ3v) is 3.55. The first kappa shape index (κ1) is 13.1. The molecule has 1 N–H and O–H groups in total. The summed E-state index contributed by atoms with van der Waals surface area (Å²) in [7, 11) is 0. The Labute approximate surface area is 117 Å². The number of nitrogens with one attached hydrogen (secondary N) is 1. The molecule has 0 unspecified atom stereocenters. The Bertz CT molecular complexity index is 656. The molecule has 0 fully saturated rings. The minimum Gasteiger partial charge on any atom is -0.328 e. The molecule has 1 aromatic heterocycles. The van der Waals surface area contributed by atoms with Crippen molar-refractivity contribution >= 4 is 41.1 Å². The SMILES string of the molecule is O=Cc1c[nH]c(=O)c(-c2cc(Cl)c(Cl)c(Cl)c2)c1. The van der Waals surface area contributed by atoms with Gasteiger partial charge in [-0.25, -0.2) is 0 Å². The summed E-state index contributed by atoms with van der Waals surface area (Å²) >= 11 is 17.6. The van der Waals surface area contributed by atoms with E-state index in [2.05, 4.69) is 4.98 Å². The highest BCUT2D eigenvalue weighted by atomic mass is 35.5. The lowest BCUT2D eigenvalue weighted by Crippen LogP contribution is -2.09. The fourth-order valence-corrected chi connectivity index (χ4v) is 2.09. The molecule has 92 valence electrons. The molecule has 0 bridgehead atoms. The molecule has 0 radical (unpaired) electrons. The highest BCUT2D eigenvalue weighted by molar-refractivity contribution is 6.48. The van der Waals surface area contributed by atoms with Crippen LogP contribution in [0, 0.1) is 0 Å². The molecular weight excluding hydrogens is 296 g/mol. The van der Waals surface area contributed by atoms with E-state index in [0.29, 0.717) is 23.0 Å². The van der Waals surface area contributed by atoms with Crippen molar-refractivity contribution in [2.75, 3.05) is 0 Å². The summed E-state index contributed by atoms with van der Waals surface area (Å²) in [6, 6.07) is 4.51. The predicted molar refractivity (Wildman–Crippen MR) is 72.9 cm³/mol. The van der Waals surface area contributed by atoms with Crippen LogP contribution in [0.25, 0.3) is 11.1 Å². The van der Waals surface area contributed by atoms with E-state index < -0.39 is 0 Å². The molecule has 2 rings (SSSR count). The van der Waals surface area contributed by atoms with Gasteiger partial charge in [0, 0.05) is 17.3 Å². The lowest BCUT2D eigenvalue weighted by molar-refractivity contribution is 0.112. The van der Waals surface area contributed by atoms with E-state index in [9.17, 15) is 9.59 Å². The maximum Gasteiger partial charge on any atom is 0.255 e. The molecule has 0 aliphatic carbocycles. The van der Waals surface area contributed by atoms with Crippen LogP contribution in [0.1, 0.15) is 10.4 Å². The van der Waals surface area contributed by atoms with Crippen LogP contribution in [0.2, 0.25) is 15.1 Å². The molecule has 2 aromatic rings. The van der Waals surface area contributed by atoms with Gasteiger partial charge in [0.25, 0.3) is 5.56 Å². The van der Waals surface area contributed by atoms with Crippen LogP contribution in [-0.2, 0) is 0 Å². The molecular formula is C12H6Cl3NO2. The zero-order valence-corrected chi connectivity index (χ0v) is 11.1. The van der Waals surface area contributed by atoms with E-state index in [1.165, 1.54) is 24.4 Å². The Morgan fingerprint density at radius 3 is 2.22 bits per heavy atom. The minimum absolute atomic E-state index is 0.227. The molecule has 0 saturated carbocycles. The molecule has 6 heteroatoms. The first-order chi connectivity index (χ1) is 8.52. The van der Waals surface area contributed by atoms with Crippen LogP contribution in [0.15, 0.2) is 29.2 Å². The van der Waals surface area contributed by atoms with Crippen molar-refractivity contribution in [2.24, 2.45) is 0 Å². The number of carbonyl (C=O) groups is 1. The van der Waals surface area contributed by atoms with E-state index in [1.54, 1.807) is 0 Å². The number of carbonyl (C=O) groups excluding carboxylic acids is 1. The zero-order chi connectivity index (χ0) is 13.3. The molecule has 0 saturated heterocycles. The van der Waals surface area contributed by atoms with Crippen LogP contribution in [0.5, 0.6) is 0 Å². The summed E-state index contributed by atoms with van der Waals surface area (Å²) in [6.07, 6.45) is 1.97. The standard InChI is InChI=1S/C12H6Cl3NO2/c13-9-2-7(3-10(14)11(9)15)8-1-6(5-17)4-16-12(8)18/h1-5H,(H,16,18). The van der Waals surface area contributed by atoms with Crippen LogP contribution >= 0.6 is 34.8 Å². The van der Waals surface area contributed by atoms with Gasteiger partial charge in [-0.15, -0.1) is 0 Å². The second-order valence-electron chi connectivity index (χ2n) is 3.55. The summed E-state index contributed by atoms with van der Waals surface area (Å²) in [6.45, 7) is 0. The number of hydrogen-bond donors (Lipinski definition) is 1. The Morgan fingerprint density at radius 1 is 1.06 bits per heavy atom. The summed E-state index contributed by atoms with van der Waals surface area (Å²) in [4.78, 5) is 24.9. The van der Waals surface area contributed by atoms with Gasteiger partial charge >= 0.3 is 0 Å². The van der Waals surface area contributed by atoms with E-state index in [0.717, 1.165) is 0 Å². The van der Waals surface area contributed by atoms with Crippen molar-refractivity contribution in [3.05, 3.63) is 55.4 Å². The maximum atomic E-state index is 11.7. The molecule has 3 nitrogen and oxygen atoms in total. The Balaban J connectivity index is 2.69. The van der Waals surface area contributed by atoms with Crippen LogP contribution in [0.3, 0.4) is 0 Å². The second-order valence-corrected chi connectivity index (χ2v) is 4.74. The smallest absolute Gasteiger partial charge is 0.255 e. The lowest BCUT2D eigenvalue weighted by Gasteiger charge is -2.05. The van der Waals surface area contributed by atoms with Crippen molar-refractivity contribution in [1.29, 1.82) is 0 Å². The van der Waals surface area contributed by atoms with Gasteiger partial charge in [0.1, 0.15) is 0 Å². The molecule has 0 aliphatic rings. The van der Waals surface area contributed by atoms with E-state index in [-0.39, 0.29) is 20.6 Å². The van der Waals surface area contributed by atoms with Crippen LogP contribution in [-0.4, -0.2) is 11.3 Å². The average Bonchev–Trinajstić information content (AvgIpc) is 2.36. The zero-order valence-electron chi connectivity index (χ0n) is 8.84. The monoisotopic (exact) mass is 301 g/mol. The molecule has 0 aliphatic heterocycles. The van der Waals surface area contributed by atoms with Gasteiger partial charge in [-0.3, -0.25) is 9.59 Å². The van der Waals surface area contributed by atoms with Gasteiger partial charge in [0.05, 0.1) is 15.1 Å². The summed E-state index contributed by atoms with van der Waals surface area (Å²) in [5.74, 6) is 0. The van der Waals surface area contributed by atoms with E-state index >= 15 is 0 Å². The predicted octanol–water partition coefficient (Wildman–Crippen LogP) is 3.81. The van der Waals surface area contributed by atoms with Gasteiger partial charge < -0.3 is 4.98 Å². The molecule has 1 aromatic carbocycles. The van der Waals surface area contributed by atoms with Crippen molar-refractivity contribution in [2.45, 2.75) is 0 Å². The molecule has 0 amide bonds. The summed E-state index contributed by atoms with van der Waals surface area (Å²) in [5, 5.41) is 0.718. The normalized spacial score (nSPS) is 10.4. The number of halogens is 3. The van der Waals surface area contributed by atoms with Crippen LogP contribution < -0.4 is 5.56 Å². The van der Waals surface area contributed by atoms with Crippen molar-refractivity contribution in [3.63, 3.8) is 0 Å². The Morgan fingerprint density at radius 2 is 1.67 bits per heavy atom. The number of aldehydes is 1. The minimum atomic E-state index is -0.338. The van der Waals surface area contributed by atoms with Crippen molar-refractivity contribution < 1.29 is 4.79 Å². The van der Waals surface area contributed by atoms with Gasteiger partial charge in [-0.1, -0.05) is 34.8 Å². The molecule has 0 atom stereocenters. The summed E-state index contributed by atoms with van der Waals surface area (Å²) < 4.78 is 0. The number of H-pyrrole nitrogens is 1. The maximum absolute atomic E-state index is 11.7. The Hall–Kier alpha value is -1.29. The van der Waals surface area contributed by atoms with Gasteiger partial charge in [-0.2, -0.15) is 0 Å². The third-order valence-electron chi connectivity index (χ3n) is 2.36. The number of rotatable bonds is 2. The average molecular weight is 303 g/mol. The van der Waals surface area contributed by atoms with E-state index in [4.69, 9.17) is 34.8 Å². The topological polar surface area (TPSA) is 49.9 Å². The first-order valence-corrected chi connectivity index (χ1v) is 5.99. The number of aromatic amines is 1. The second kappa shape index (κ2) is 5.14. The fourth-order valence-electron chi connectivity index (χ4n) is 1.49. The highest BCUT2D eigenvalue weighted by Gasteiger charge is 2.10. The van der Waals surface area contributed by atoms with Crippen molar-refractivity contribution in [1.82, 2.24) is 4.98 Å². The Kier molecular flexibility index (Phi) is 3.76. The van der Waals surface area contributed by atoms with Crippen LogP contribution in [0.4, 0.5) is 0 Å². The molecule has 0 spiro atoms. The van der Waals surface area contributed by atoms with Gasteiger partial charge in [0.2, 0.25) is 0 Å². The fraction of sp³-hybridized carbons (Fsp3) is 0.